The molecule has 0 aliphatic carbocycles. The number of carbonyl (C=O) groups is 2. The average Bonchev–Trinajstić information content (AvgIpc) is 2.89. The first-order chi connectivity index (χ1) is 16.8. The van der Waals surface area contributed by atoms with E-state index < -0.39 is 21.8 Å². The number of anilines is 1. The Kier molecular flexibility index (Phi) is 9.39. The minimum atomic E-state index is -3.55. The van der Waals surface area contributed by atoms with E-state index in [9.17, 15) is 18.0 Å². The van der Waals surface area contributed by atoms with Gasteiger partial charge in [-0.3, -0.25) is 9.59 Å². The lowest BCUT2D eigenvalue weighted by Crippen LogP contribution is -2.36. The third-order valence-corrected chi connectivity index (χ3v) is 7.82. The molecule has 0 aromatic heterocycles. The Balaban J connectivity index is 1.47. The summed E-state index contributed by atoms with van der Waals surface area (Å²) in [5.41, 5.74) is 4.61. The van der Waals surface area contributed by atoms with Gasteiger partial charge in [0, 0.05) is 37.4 Å². The second-order valence-corrected chi connectivity index (χ2v) is 10.2. The van der Waals surface area contributed by atoms with Crippen molar-refractivity contribution in [2.75, 3.05) is 37.6 Å². The maximum atomic E-state index is 12.7. The smallest absolute Gasteiger partial charge is 0.259 e. The van der Waals surface area contributed by atoms with Crippen LogP contribution < -0.4 is 15.6 Å². The van der Waals surface area contributed by atoms with E-state index in [4.69, 9.17) is 0 Å². The highest BCUT2D eigenvalue weighted by atomic mass is 32.2. The Morgan fingerprint density at radius 3 is 2.20 bits per heavy atom. The molecule has 0 radical (unpaired) electrons. The van der Waals surface area contributed by atoms with Crippen molar-refractivity contribution in [3.8, 4) is 0 Å². The van der Waals surface area contributed by atoms with Gasteiger partial charge < -0.3 is 10.2 Å². The maximum absolute atomic E-state index is 12.7. The van der Waals surface area contributed by atoms with Crippen LogP contribution in [0.15, 0.2) is 58.5 Å². The van der Waals surface area contributed by atoms with E-state index in [1.54, 1.807) is 0 Å². The molecule has 1 saturated heterocycles. The lowest BCUT2D eigenvalue weighted by Gasteiger charge is -2.25. The van der Waals surface area contributed by atoms with Crippen LogP contribution in [0.3, 0.4) is 0 Å². The summed E-state index contributed by atoms with van der Waals surface area (Å²) >= 11 is 0. The second kappa shape index (κ2) is 12.5. The molecule has 9 nitrogen and oxygen atoms in total. The zero-order valence-corrected chi connectivity index (χ0v) is 21.1. The summed E-state index contributed by atoms with van der Waals surface area (Å²) in [7, 11) is -3.55. The number of hydrogen-bond donors (Lipinski definition) is 2. The number of amides is 2. The Labute approximate surface area is 207 Å². The number of nitrogens with zero attached hydrogens (tertiary/aromatic N) is 3. The maximum Gasteiger partial charge on any atom is 0.259 e. The Morgan fingerprint density at radius 1 is 0.971 bits per heavy atom. The van der Waals surface area contributed by atoms with Crippen molar-refractivity contribution in [2.45, 2.75) is 38.0 Å². The lowest BCUT2D eigenvalue weighted by molar-refractivity contribution is -0.120. The molecule has 1 aliphatic rings. The van der Waals surface area contributed by atoms with Gasteiger partial charge in [-0.25, -0.2) is 13.8 Å². The van der Waals surface area contributed by atoms with Gasteiger partial charge in [0.1, 0.15) is 0 Å². The predicted molar refractivity (Wildman–Crippen MR) is 137 cm³/mol. The van der Waals surface area contributed by atoms with E-state index in [0.717, 1.165) is 43.6 Å². The van der Waals surface area contributed by atoms with E-state index in [2.05, 4.69) is 34.6 Å². The number of carbonyl (C=O) groups excluding carboxylic acids is 2. The summed E-state index contributed by atoms with van der Waals surface area (Å²) in [6.45, 7) is 6.83. The Morgan fingerprint density at radius 2 is 1.60 bits per heavy atom. The lowest BCUT2D eigenvalue weighted by atomic mass is 10.2. The predicted octanol–water partition coefficient (Wildman–Crippen LogP) is 2.59. The zero-order valence-electron chi connectivity index (χ0n) is 20.2. The molecule has 35 heavy (non-hydrogen) atoms. The number of hydrazone groups is 1. The van der Waals surface area contributed by atoms with Gasteiger partial charge in [-0.1, -0.05) is 18.6 Å². The summed E-state index contributed by atoms with van der Waals surface area (Å²) < 4.78 is 26.9. The van der Waals surface area contributed by atoms with Crippen LogP contribution in [0.5, 0.6) is 0 Å². The third kappa shape index (κ3) is 7.12. The zero-order chi connectivity index (χ0) is 25.3. The van der Waals surface area contributed by atoms with E-state index in [0.29, 0.717) is 13.1 Å². The minimum Gasteiger partial charge on any atom is -0.372 e. The normalized spacial score (nSPS) is 14.6. The molecule has 1 heterocycles. The Bertz CT molecular complexity index is 1120. The fourth-order valence-electron chi connectivity index (χ4n) is 3.87. The molecule has 10 heteroatoms. The van der Waals surface area contributed by atoms with Gasteiger partial charge >= 0.3 is 0 Å². The fraction of sp³-hybridized carbons (Fsp3) is 0.400. The van der Waals surface area contributed by atoms with Crippen LogP contribution >= 0.6 is 0 Å². The van der Waals surface area contributed by atoms with Gasteiger partial charge in [-0.05, 0) is 68.7 Å². The number of sulfonamides is 1. The first kappa shape index (κ1) is 26.4. The van der Waals surface area contributed by atoms with Crippen LogP contribution in [0.25, 0.3) is 0 Å². The van der Waals surface area contributed by atoms with Gasteiger partial charge in [0.25, 0.3) is 11.8 Å². The van der Waals surface area contributed by atoms with Crippen molar-refractivity contribution in [1.82, 2.24) is 15.0 Å². The molecule has 2 N–H and O–H groups in total. The molecular formula is C25H33N5O4S. The number of hydrogen-bond acceptors (Lipinski definition) is 6. The summed E-state index contributed by atoms with van der Waals surface area (Å²) in [4.78, 5) is 26.8. The number of nitrogens with one attached hydrogen (secondary N) is 2. The van der Waals surface area contributed by atoms with Crippen molar-refractivity contribution in [1.29, 1.82) is 0 Å². The van der Waals surface area contributed by atoms with Crippen LogP contribution in [0.1, 0.15) is 49.0 Å². The molecule has 188 valence electrons. The highest BCUT2D eigenvalue weighted by Crippen LogP contribution is 2.21. The van der Waals surface area contributed by atoms with Crippen molar-refractivity contribution in [3.05, 3.63) is 59.7 Å². The molecule has 1 aliphatic heterocycles. The SMILES string of the molecule is CCN(CC)c1ccc(C=NNC(=O)CNC(=O)c2ccc(S(=O)(=O)N3CCCCC3)cc2)cc1. The monoisotopic (exact) mass is 499 g/mol. The number of benzene rings is 2. The van der Waals surface area contributed by atoms with E-state index >= 15 is 0 Å². The van der Waals surface area contributed by atoms with E-state index in [1.807, 2.05) is 24.3 Å². The summed E-state index contributed by atoms with van der Waals surface area (Å²) in [5, 5.41) is 6.44. The molecule has 0 saturated carbocycles. The van der Waals surface area contributed by atoms with Crippen molar-refractivity contribution < 1.29 is 18.0 Å². The van der Waals surface area contributed by atoms with Gasteiger partial charge in [0.15, 0.2) is 0 Å². The van der Waals surface area contributed by atoms with E-state index in [1.165, 1.54) is 34.8 Å². The average molecular weight is 500 g/mol. The summed E-state index contributed by atoms with van der Waals surface area (Å²) in [6.07, 6.45) is 4.28. The van der Waals surface area contributed by atoms with Crippen LogP contribution in [-0.4, -0.2) is 63.5 Å². The molecule has 0 atom stereocenters. The molecule has 0 unspecified atom stereocenters. The third-order valence-electron chi connectivity index (χ3n) is 5.90. The highest BCUT2D eigenvalue weighted by Gasteiger charge is 2.25. The van der Waals surface area contributed by atoms with Gasteiger partial charge in [0.2, 0.25) is 10.0 Å². The molecule has 2 amide bonds. The minimum absolute atomic E-state index is 0.160. The van der Waals surface area contributed by atoms with Crippen molar-refractivity contribution in [2.24, 2.45) is 5.10 Å². The number of rotatable bonds is 10. The Hall–Kier alpha value is -3.24. The quantitative estimate of drug-likeness (QED) is 0.386. The van der Waals surface area contributed by atoms with Gasteiger partial charge in [0.05, 0.1) is 17.7 Å². The molecule has 0 spiro atoms. The molecule has 2 aromatic carbocycles. The van der Waals surface area contributed by atoms with Gasteiger partial charge in [-0.2, -0.15) is 9.41 Å². The summed E-state index contributed by atoms with van der Waals surface area (Å²) in [5.74, 6) is -0.948. The molecule has 3 rings (SSSR count). The summed E-state index contributed by atoms with van der Waals surface area (Å²) in [6, 6.07) is 13.6. The fourth-order valence-corrected chi connectivity index (χ4v) is 5.39. The second-order valence-electron chi connectivity index (χ2n) is 8.23. The first-order valence-corrected chi connectivity index (χ1v) is 13.3. The standard InChI is InChI=1S/C25H33N5O4S/c1-3-29(4-2)22-12-8-20(9-13-22)18-27-28-24(31)19-26-25(32)21-10-14-23(15-11-21)35(33,34)30-16-6-5-7-17-30/h8-15,18H,3-7,16-17,19H2,1-2H3,(H,26,32)(H,28,31). The van der Waals surface area contributed by atoms with Crippen LogP contribution in [0.4, 0.5) is 5.69 Å². The molecule has 2 aromatic rings. The van der Waals surface area contributed by atoms with Crippen molar-refractivity contribution in [3.63, 3.8) is 0 Å². The van der Waals surface area contributed by atoms with Gasteiger partial charge in [-0.15, -0.1) is 0 Å². The van der Waals surface area contributed by atoms with Crippen LogP contribution in [0, 0.1) is 0 Å². The molecular weight excluding hydrogens is 466 g/mol. The molecule has 1 fully saturated rings. The largest absolute Gasteiger partial charge is 0.372 e. The first-order valence-electron chi connectivity index (χ1n) is 11.9. The van der Waals surface area contributed by atoms with Crippen LogP contribution in [0.2, 0.25) is 0 Å². The van der Waals surface area contributed by atoms with Crippen molar-refractivity contribution >= 4 is 33.7 Å². The molecule has 0 bridgehead atoms. The van der Waals surface area contributed by atoms with E-state index in [-0.39, 0.29) is 17.0 Å². The van der Waals surface area contributed by atoms with Crippen LogP contribution in [-0.2, 0) is 14.8 Å². The number of piperidine rings is 1. The highest BCUT2D eigenvalue weighted by molar-refractivity contribution is 7.89. The topological polar surface area (TPSA) is 111 Å².